The fraction of sp³-hybridized carbons (Fsp3) is 1.00. The predicted molar refractivity (Wildman–Crippen MR) is 43.1 cm³/mol. The minimum absolute atomic E-state index is 0. The largest absolute Gasteiger partial charge is 0.396 e. The molecule has 0 rings (SSSR count). The molecule has 0 aliphatic heterocycles. The molecule has 1 atom stereocenters. The molecule has 0 aromatic heterocycles. The maximum atomic E-state index is 10.3. The van der Waals surface area contributed by atoms with Crippen molar-refractivity contribution in [2.75, 3.05) is 6.61 Å². The fourth-order valence-corrected chi connectivity index (χ4v) is 0.992. The van der Waals surface area contributed by atoms with Crippen LogP contribution in [0.4, 0.5) is 0 Å². The monoisotopic (exact) mass is 191 g/mol. The smallest absolute Gasteiger partial charge is 0.267 e. The Balaban J connectivity index is 0. The van der Waals surface area contributed by atoms with E-state index >= 15 is 0 Å². The van der Waals surface area contributed by atoms with Gasteiger partial charge in [0.2, 0.25) is 0 Å². The van der Waals surface area contributed by atoms with Crippen LogP contribution in [0.1, 0.15) is 19.8 Å². The molecular weight excluding hydrogens is 179 g/mol. The van der Waals surface area contributed by atoms with Crippen molar-refractivity contribution < 1.29 is 18.1 Å². The molecule has 0 fully saturated rings. The van der Waals surface area contributed by atoms with E-state index in [9.17, 15) is 8.42 Å². The third-order valence-corrected chi connectivity index (χ3v) is 2.53. The third kappa shape index (κ3) is 7.24. The standard InChI is InChI=1S/C5H12O4S.Na/c1-5(3-2-4-6)10(7,8)9;/h5-6H,2-4H2,1H3,(H,7,8,9);. The average molecular weight is 191 g/mol. The Morgan fingerprint density at radius 3 is 2.18 bits per heavy atom. The predicted octanol–water partition coefficient (Wildman–Crippen LogP) is -0.346. The molecule has 0 aliphatic carbocycles. The van der Waals surface area contributed by atoms with Gasteiger partial charge < -0.3 is 5.11 Å². The van der Waals surface area contributed by atoms with Gasteiger partial charge in [0.15, 0.2) is 0 Å². The van der Waals surface area contributed by atoms with Gasteiger partial charge in [0.25, 0.3) is 10.1 Å². The van der Waals surface area contributed by atoms with E-state index in [1.807, 2.05) is 0 Å². The summed E-state index contributed by atoms with van der Waals surface area (Å²) in [5.41, 5.74) is 0. The summed E-state index contributed by atoms with van der Waals surface area (Å²) in [6, 6.07) is 0. The van der Waals surface area contributed by atoms with Crippen molar-refractivity contribution in [3.8, 4) is 0 Å². The van der Waals surface area contributed by atoms with E-state index in [4.69, 9.17) is 9.66 Å². The summed E-state index contributed by atoms with van der Waals surface area (Å²) >= 11 is 0. The summed E-state index contributed by atoms with van der Waals surface area (Å²) in [4.78, 5) is 0. The van der Waals surface area contributed by atoms with E-state index in [2.05, 4.69) is 0 Å². The molecule has 0 heterocycles. The first-order valence-corrected chi connectivity index (χ1v) is 4.56. The summed E-state index contributed by atoms with van der Waals surface area (Å²) in [6.07, 6.45) is 0.705. The zero-order valence-corrected chi connectivity index (χ0v) is 9.63. The van der Waals surface area contributed by atoms with Gasteiger partial charge >= 0.3 is 0 Å². The molecule has 1 radical (unpaired) electrons. The first kappa shape index (κ1) is 14.4. The second-order valence-electron chi connectivity index (χ2n) is 2.19. The van der Waals surface area contributed by atoms with E-state index in [0.717, 1.165) is 0 Å². The molecule has 4 nitrogen and oxygen atoms in total. The van der Waals surface area contributed by atoms with Crippen LogP contribution < -0.4 is 0 Å². The van der Waals surface area contributed by atoms with Gasteiger partial charge in [-0.25, -0.2) is 0 Å². The van der Waals surface area contributed by atoms with Crippen molar-refractivity contribution in [2.45, 2.75) is 25.0 Å². The van der Waals surface area contributed by atoms with Crippen LogP contribution in [0.5, 0.6) is 0 Å². The first-order chi connectivity index (χ1) is 4.48. The van der Waals surface area contributed by atoms with E-state index in [0.29, 0.717) is 12.8 Å². The molecule has 0 amide bonds. The van der Waals surface area contributed by atoms with Crippen molar-refractivity contribution in [3.63, 3.8) is 0 Å². The quantitative estimate of drug-likeness (QED) is 0.470. The topological polar surface area (TPSA) is 74.6 Å². The van der Waals surface area contributed by atoms with Crippen LogP contribution >= 0.6 is 0 Å². The van der Waals surface area contributed by atoms with Gasteiger partial charge in [0.1, 0.15) is 0 Å². The minimum Gasteiger partial charge on any atom is -0.396 e. The van der Waals surface area contributed by atoms with Crippen LogP contribution in [0.15, 0.2) is 0 Å². The maximum Gasteiger partial charge on any atom is 0.267 e. The zero-order valence-electron chi connectivity index (χ0n) is 6.82. The summed E-state index contributed by atoms with van der Waals surface area (Å²) < 4.78 is 29.0. The number of rotatable bonds is 4. The molecule has 0 aromatic carbocycles. The molecule has 0 bridgehead atoms. The van der Waals surface area contributed by atoms with Crippen LogP contribution in [-0.2, 0) is 10.1 Å². The van der Waals surface area contributed by atoms with E-state index in [1.165, 1.54) is 6.92 Å². The number of aliphatic hydroxyl groups is 1. The average Bonchev–Trinajstić information content (AvgIpc) is 1.80. The third-order valence-electron chi connectivity index (χ3n) is 1.28. The van der Waals surface area contributed by atoms with Gasteiger partial charge in [-0.1, -0.05) is 0 Å². The Labute approximate surface area is 89.0 Å². The van der Waals surface area contributed by atoms with Crippen LogP contribution in [0.2, 0.25) is 0 Å². The van der Waals surface area contributed by atoms with Gasteiger partial charge in [0.05, 0.1) is 5.25 Å². The van der Waals surface area contributed by atoms with E-state index in [-0.39, 0.29) is 36.2 Å². The molecule has 0 aliphatic rings. The van der Waals surface area contributed by atoms with Crippen molar-refractivity contribution in [3.05, 3.63) is 0 Å². The zero-order chi connectivity index (χ0) is 8.20. The number of hydrogen-bond acceptors (Lipinski definition) is 3. The number of aliphatic hydroxyl groups excluding tert-OH is 1. The van der Waals surface area contributed by atoms with E-state index in [1.54, 1.807) is 0 Å². The Morgan fingerprint density at radius 1 is 1.45 bits per heavy atom. The van der Waals surface area contributed by atoms with Crippen molar-refractivity contribution in [2.24, 2.45) is 0 Å². The molecule has 0 saturated carbocycles. The van der Waals surface area contributed by atoms with Crippen LogP contribution in [0, 0.1) is 0 Å². The first-order valence-electron chi connectivity index (χ1n) is 3.05. The second-order valence-corrected chi connectivity index (χ2v) is 4.03. The van der Waals surface area contributed by atoms with Crippen LogP contribution in [0.3, 0.4) is 0 Å². The second kappa shape index (κ2) is 6.39. The van der Waals surface area contributed by atoms with Crippen molar-refractivity contribution in [1.29, 1.82) is 0 Å². The molecular formula is C5H12NaO4S. The Morgan fingerprint density at radius 2 is 1.91 bits per heavy atom. The SMILES string of the molecule is CC(CCCO)S(=O)(=O)O.[Na]. The van der Waals surface area contributed by atoms with Gasteiger partial charge in [-0.05, 0) is 19.8 Å². The van der Waals surface area contributed by atoms with Gasteiger partial charge in [-0.3, -0.25) is 4.55 Å². The Kier molecular flexibility index (Phi) is 8.37. The fourth-order valence-electron chi connectivity index (χ4n) is 0.528. The van der Waals surface area contributed by atoms with Gasteiger partial charge in [0, 0.05) is 36.2 Å². The van der Waals surface area contributed by atoms with Crippen molar-refractivity contribution in [1.82, 2.24) is 0 Å². The minimum atomic E-state index is -3.89. The molecule has 2 N–H and O–H groups in total. The molecule has 0 saturated heterocycles. The normalized spacial score (nSPS) is 13.7. The molecule has 0 spiro atoms. The molecule has 11 heavy (non-hydrogen) atoms. The summed E-state index contributed by atoms with van der Waals surface area (Å²) in [7, 11) is -3.89. The van der Waals surface area contributed by atoms with Crippen LogP contribution in [-0.4, -0.2) is 59.5 Å². The van der Waals surface area contributed by atoms with Gasteiger partial charge in [-0.2, -0.15) is 8.42 Å². The Bertz CT molecular complexity index is 177. The Hall–Kier alpha value is 0.870. The number of hydrogen-bond donors (Lipinski definition) is 2. The summed E-state index contributed by atoms with van der Waals surface area (Å²) in [5, 5.41) is 7.54. The molecule has 0 aromatic rings. The van der Waals surface area contributed by atoms with Crippen LogP contribution in [0.25, 0.3) is 0 Å². The van der Waals surface area contributed by atoms with Crippen molar-refractivity contribution >= 4 is 39.7 Å². The van der Waals surface area contributed by atoms with E-state index < -0.39 is 15.4 Å². The summed E-state index contributed by atoms with van der Waals surface area (Å²) in [5.74, 6) is 0. The molecule has 6 heteroatoms. The molecule has 1 unspecified atom stereocenters. The maximum absolute atomic E-state index is 10.3. The van der Waals surface area contributed by atoms with Gasteiger partial charge in [-0.15, -0.1) is 0 Å². The summed E-state index contributed by atoms with van der Waals surface area (Å²) in [6.45, 7) is 1.37. The molecule has 63 valence electrons.